The fourth-order valence-corrected chi connectivity index (χ4v) is 4.36. The predicted octanol–water partition coefficient (Wildman–Crippen LogP) is 2.83. The number of fused-ring (bicyclic) bond motifs is 2. The molecular weight excluding hydrogens is 120 g/mol. The summed E-state index contributed by atoms with van der Waals surface area (Å²) < 4.78 is 0. The molecule has 5 rings (SSSR count). The first-order valence-corrected chi connectivity index (χ1v) is 4.69. The van der Waals surface area contributed by atoms with Gasteiger partial charge in [0, 0.05) is 0 Å². The molecule has 5 aliphatic rings. The van der Waals surface area contributed by atoms with Crippen LogP contribution in [0.3, 0.4) is 0 Å². The highest BCUT2D eigenvalue weighted by Gasteiger charge is 2.72. The second-order valence-electron chi connectivity index (χ2n) is 5.16. The van der Waals surface area contributed by atoms with E-state index < -0.39 is 0 Å². The fourth-order valence-electron chi connectivity index (χ4n) is 4.36. The Morgan fingerprint density at radius 3 is 1.50 bits per heavy atom. The van der Waals surface area contributed by atoms with Crippen molar-refractivity contribution in [2.75, 3.05) is 0 Å². The van der Waals surface area contributed by atoms with Crippen LogP contribution in [0.1, 0.15) is 39.5 Å². The number of hydrogen-bond donors (Lipinski definition) is 0. The highest BCUT2D eigenvalue weighted by Crippen LogP contribution is 2.81. The monoisotopic (exact) mass is 136 g/mol. The van der Waals surface area contributed by atoms with Gasteiger partial charge in [-0.3, -0.25) is 0 Å². The largest absolute Gasteiger partial charge is 0.0617 e. The van der Waals surface area contributed by atoms with Gasteiger partial charge in [0.2, 0.25) is 0 Å². The molecule has 0 aliphatic heterocycles. The van der Waals surface area contributed by atoms with E-state index in [9.17, 15) is 0 Å². The van der Waals surface area contributed by atoms with Gasteiger partial charge in [-0.15, -0.1) is 0 Å². The quantitative estimate of drug-likeness (QED) is 0.480. The minimum atomic E-state index is 0.874. The van der Waals surface area contributed by atoms with Crippen LogP contribution in [0.25, 0.3) is 0 Å². The minimum Gasteiger partial charge on any atom is -0.0617 e. The van der Waals surface area contributed by atoms with Crippen LogP contribution in [0.15, 0.2) is 0 Å². The van der Waals surface area contributed by atoms with E-state index >= 15 is 0 Å². The Bertz CT molecular complexity index is 166. The Balaban J connectivity index is 2.11. The maximum Gasteiger partial charge on any atom is -0.0258 e. The van der Waals surface area contributed by atoms with Crippen molar-refractivity contribution in [1.82, 2.24) is 0 Å². The Hall–Kier alpha value is 0. The summed E-state index contributed by atoms with van der Waals surface area (Å²) in [7, 11) is 0. The summed E-state index contributed by atoms with van der Waals surface area (Å²) in [6, 6.07) is 0. The molecule has 0 spiro atoms. The lowest BCUT2D eigenvalue weighted by molar-refractivity contribution is 0.118. The van der Waals surface area contributed by atoms with Crippen LogP contribution in [-0.4, -0.2) is 0 Å². The molecule has 2 bridgehead atoms. The summed E-state index contributed by atoms with van der Waals surface area (Å²) in [5.74, 6) is 2.11. The van der Waals surface area contributed by atoms with Crippen molar-refractivity contribution in [3.8, 4) is 0 Å². The molecule has 0 heteroatoms. The summed E-state index contributed by atoms with van der Waals surface area (Å²) in [6.45, 7) is 4.97. The third kappa shape index (κ3) is 0.320. The molecule has 10 heavy (non-hydrogen) atoms. The third-order valence-electron chi connectivity index (χ3n) is 5.21. The van der Waals surface area contributed by atoms with Crippen molar-refractivity contribution < 1.29 is 0 Å². The van der Waals surface area contributed by atoms with Gasteiger partial charge in [-0.25, -0.2) is 0 Å². The van der Waals surface area contributed by atoms with Crippen molar-refractivity contribution in [3.05, 3.63) is 0 Å². The van der Waals surface area contributed by atoms with Gasteiger partial charge >= 0.3 is 0 Å². The van der Waals surface area contributed by atoms with Crippen LogP contribution >= 0.6 is 0 Å². The summed E-state index contributed by atoms with van der Waals surface area (Å²) in [4.78, 5) is 0. The molecular formula is C10H16. The smallest absolute Gasteiger partial charge is 0.0258 e. The van der Waals surface area contributed by atoms with Crippen molar-refractivity contribution >= 4 is 0 Å². The molecule has 0 aromatic rings. The lowest BCUT2D eigenvalue weighted by Crippen LogP contribution is -2.28. The van der Waals surface area contributed by atoms with E-state index in [-0.39, 0.29) is 0 Å². The van der Waals surface area contributed by atoms with Crippen LogP contribution in [0, 0.1) is 22.7 Å². The first-order valence-electron chi connectivity index (χ1n) is 4.69. The molecule has 2 atom stereocenters. The van der Waals surface area contributed by atoms with E-state index in [1.54, 1.807) is 25.7 Å². The van der Waals surface area contributed by atoms with Crippen molar-refractivity contribution in [1.29, 1.82) is 0 Å². The molecule has 0 saturated heterocycles. The van der Waals surface area contributed by atoms with E-state index in [2.05, 4.69) is 13.8 Å². The van der Waals surface area contributed by atoms with Gasteiger partial charge in [0.05, 0.1) is 0 Å². The van der Waals surface area contributed by atoms with E-state index in [0.29, 0.717) is 0 Å². The fraction of sp³-hybridized carbons (Fsp3) is 1.00. The van der Waals surface area contributed by atoms with Gasteiger partial charge in [0.15, 0.2) is 0 Å². The second kappa shape index (κ2) is 1.19. The average molecular weight is 136 g/mol. The van der Waals surface area contributed by atoms with E-state index in [0.717, 1.165) is 22.7 Å². The lowest BCUT2D eigenvalue weighted by atomic mass is 9.67. The second-order valence-corrected chi connectivity index (χ2v) is 5.16. The molecule has 2 unspecified atom stereocenters. The average Bonchev–Trinajstić information content (AvgIpc) is 2.43. The topological polar surface area (TPSA) is 0 Å². The summed E-state index contributed by atoms with van der Waals surface area (Å²) in [6.07, 6.45) is 6.34. The highest BCUT2D eigenvalue weighted by atomic mass is 14.8. The first kappa shape index (κ1) is 5.62. The van der Waals surface area contributed by atoms with E-state index in [4.69, 9.17) is 0 Å². The predicted molar refractivity (Wildman–Crippen MR) is 41.7 cm³/mol. The van der Waals surface area contributed by atoms with Gasteiger partial charge in [-0.1, -0.05) is 13.8 Å². The van der Waals surface area contributed by atoms with Crippen LogP contribution in [0.2, 0.25) is 0 Å². The van der Waals surface area contributed by atoms with Gasteiger partial charge in [-0.05, 0) is 48.3 Å². The zero-order valence-corrected chi connectivity index (χ0v) is 6.98. The molecule has 0 aromatic carbocycles. The summed E-state index contributed by atoms with van der Waals surface area (Å²) in [5, 5.41) is 0. The maximum absolute atomic E-state index is 2.48. The van der Waals surface area contributed by atoms with E-state index in [1.807, 2.05) is 0 Å². The molecule has 5 fully saturated rings. The molecule has 0 N–H and O–H groups in total. The molecule has 5 saturated carbocycles. The van der Waals surface area contributed by atoms with Crippen LogP contribution < -0.4 is 0 Å². The van der Waals surface area contributed by atoms with Crippen LogP contribution in [0.5, 0.6) is 0 Å². The maximum atomic E-state index is 2.48. The Morgan fingerprint density at radius 2 is 1.30 bits per heavy atom. The molecule has 0 radical (unpaired) electrons. The summed E-state index contributed by atoms with van der Waals surface area (Å²) in [5.41, 5.74) is 1.75. The van der Waals surface area contributed by atoms with Crippen molar-refractivity contribution in [2.45, 2.75) is 39.5 Å². The van der Waals surface area contributed by atoms with Gasteiger partial charge in [-0.2, -0.15) is 0 Å². The SMILES string of the molecule is CC1C(C)C23CCC1(C2)C3. The summed E-state index contributed by atoms with van der Waals surface area (Å²) >= 11 is 0. The molecule has 0 nitrogen and oxygen atoms in total. The number of rotatable bonds is 0. The zero-order valence-electron chi connectivity index (χ0n) is 6.98. The Labute approximate surface area is 63.0 Å². The third-order valence-corrected chi connectivity index (χ3v) is 5.21. The Kier molecular flexibility index (Phi) is 0.669. The van der Waals surface area contributed by atoms with Crippen LogP contribution in [0.4, 0.5) is 0 Å². The van der Waals surface area contributed by atoms with Crippen LogP contribution in [-0.2, 0) is 0 Å². The standard InChI is InChI=1S/C10H16/c1-7-8(2)10-4-3-9(7,5-10)6-10/h7-8H,3-6H2,1-2H3. The minimum absolute atomic E-state index is 0.874. The Morgan fingerprint density at radius 1 is 0.900 bits per heavy atom. The zero-order chi connectivity index (χ0) is 6.98. The molecule has 0 amide bonds. The van der Waals surface area contributed by atoms with Crippen molar-refractivity contribution in [3.63, 3.8) is 0 Å². The molecule has 56 valence electrons. The first-order chi connectivity index (χ1) is 4.69. The number of hydrogen-bond acceptors (Lipinski definition) is 0. The molecule has 0 aromatic heterocycles. The van der Waals surface area contributed by atoms with Gasteiger partial charge in [0.1, 0.15) is 0 Å². The van der Waals surface area contributed by atoms with Gasteiger partial charge < -0.3 is 0 Å². The van der Waals surface area contributed by atoms with E-state index in [1.165, 1.54) is 0 Å². The van der Waals surface area contributed by atoms with Gasteiger partial charge in [0.25, 0.3) is 0 Å². The normalized spacial score (nSPS) is 70.2. The van der Waals surface area contributed by atoms with Crippen molar-refractivity contribution in [2.24, 2.45) is 22.7 Å². The molecule has 0 heterocycles. The molecule has 5 aliphatic carbocycles. The lowest BCUT2D eigenvalue weighted by Gasteiger charge is -2.38. The highest BCUT2D eigenvalue weighted by molar-refractivity contribution is 5.21.